The van der Waals surface area contributed by atoms with Gasteiger partial charge in [0.15, 0.2) is 6.61 Å². The molecule has 0 aliphatic carbocycles. The van der Waals surface area contributed by atoms with Crippen molar-refractivity contribution < 1.29 is 14.3 Å². The Balaban J connectivity index is 1.63. The molecule has 5 nitrogen and oxygen atoms in total. The van der Waals surface area contributed by atoms with Gasteiger partial charge < -0.3 is 10.1 Å². The molecule has 1 amide bonds. The molecular weight excluding hydrogens is 352 g/mol. The van der Waals surface area contributed by atoms with Gasteiger partial charge in [-0.05, 0) is 37.0 Å². The number of nitrogens with one attached hydrogen (secondary N) is 1. The Morgan fingerprint density at radius 2 is 1.75 bits per heavy atom. The zero-order valence-corrected chi connectivity index (χ0v) is 16.2. The van der Waals surface area contributed by atoms with Gasteiger partial charge >= 0.3 is 5.97 Å². The fourth-order valence-corrected chi connectivity index (χ4v) is 3.21. The minimum atomic E-state index is -0.496. The number of carbonyl (C=O) groups is 2. The molecular formula is C23H24N2O3. The van der Waals surface area contributed by atoms with Crippen LogP contribution in [0.15, 0.2) is 54.6 Å². The maximum Gasteiger partial charge on any atom is 0.339 e. The smallest absolute Gasteiger partial charge is 0.339 e. The molecule has 0 atom stereocenters. The van der Waals surface area contributed by atoms with Crippen molar-refractivity contribution in [2.45, 2.75) is 26.7 Å². The van der Waals surface area contributed by atoms with E-state index < -0.39 is 5.97 Å². The molecule has 0 bridgehead atoms. The van der Waals surface area contributed by atoms with Gasteiger partial charge in [-0.15, -0.1) is 0 Å². The molecule has 5 heteroatoms. The van der Waals surface area contributed by atoms with E-state index in [1.807, 2.05) is 68.4 Å². The van der Waals surface area contributed by atoms with Gasteiger partial charge in [-0.2, -0.15) is 0 Å². The quantitative estimate of drug-likeness (QED) is 0.640. The fraction of sp³-hybridized carbons (Fsp3) is 0.261. The summed E-state index contributed by atoms with van der Waals surface area (Å²) in [5.74, 6) is -0.806. The molecule has 1 N–H and O–H groups in total. The number of benzene rings is 2. The molecule has 28 heavy (non-hydrogen) atoms. The lowest BCUT2D eigenvalue weighted by Gasteiger charge is -2.13. The van der Waals surface area contributed by atoms with Crippen molar-refractivity contribution >= 4 is 22.8 Å². The molecule has 0 radical (unpaired) electrons. The van der Waals surface area contributed by atoms with E-state index in [2.05, 4.69) is 10.3 Å². The summed E-state index contributed by atoms with van der Waals surface area (Å²) in [7, 11) is 0. The number of pyridine rings is 1. The summed E-state index contributed by atoms with van der Waals surface area (Å²) in [5.41, 5.74) is 4.04. The summed E-state index contributed by atoms with van der Waals surface area (Å²) >= 11 is 0. The molecule has 0 saturated carbocycles. The predicted molar refractivity (Wildman–Crippen MR) is 109 cm³/mol. The molecule has 0 saturated heterocycles. The van der Waals surface area contributed by atoms with Crippen LogP contribution < -0.4 is 5.32 Å². The molecule has 2 aromatic carbocycles. The van der Waals surface area contributed by atoms with E-state index in [-0.39, 0.29) is 12.5 Å². The van der Waals surface area contributed by atoms with Crippen LogP contribution in [0.5, 0.6) is 0 Å². The van der Waals surface area contributed by atoms with Crippen LogP contribution in [-0.2, 0) is 22.4 Å². The summed E-state index contributed by atoms with van der Waals surface area (Å²) in [6, 6.07) is 17.4. The first-order chi connectivity index (χ1) is 13.6. The number of esters is 1. The number of aryl methyl sites for hydroxylation is 1. The Morgan fingerprint density at radius 3 is 2.50 bits per heavy atom. The average molecular weight is 376 g/mol. The second-order valence-corrected chi connectivity index (χ2v) is 6.59. The summed E-state index contributed by atoms with van der Waals surface area (Å²) < 4.78 is 5.30. The molecule has 0 unspecified atom stereocenters. The van der Waals surface area contributed by atoms with Gasteiger partial charge in [0.2, 0.25) is 0 Å². The number of carbonyl (C=O) groups excluding carboxylic acids is 2. The number of fused-ring (bicyclic) bond motifs is 1. The van der Waals surface area contributed by atoms with E-state index >= 15 is 0 Å². The highest BCUT2D eigenvalue weighted by Gasteiger charge is 2.19. The third-order valence-electron chi connectivity index (χ3n) is 4.69. The molecule has 0 fully saturated rings. The van der Waals surface area contributed by atoms with Gasteiger partial charge in [-0.3, -0.25) is 9.78 Å². The van der Waals surface area contributed by atoms with Gasteiger partial charge in [0.1, 0.15) is 0 Å². The summed E-state index contributed by atoms with van der Waals surface area (Å²) in [5, 5.41) is 3.53. The standard InChI is InChI=1S/C23H24N2O3/c1-3-19-16(2)22(18-11-7-8-12-20(18)25-19)23(27)28-15-21(26)24-14-13-17-9-5-4-6-10-17/h4-12H,3,13-15H2,1-2H3,(H,24,26). The Bertz CT molecular complexity index is 984. The molecule has 3 rings (SSSR count). The van der Waals surface area contributed by atoms with Gasteiger partial charge in [-0.1, -0.05) is 55.5 Å². The number of rotatable bonds is 7. The van der Waals surface area contributed by atoms with Crippen molar-refractivity contribution in [3.8, 4) is 0 Å². The van der Waals surface area contributed by atoms with E-state index in [1.165, 1.54) is 0 Å². The van der Waals surface area contributed by atoms with Crippen molar-refractivity contribution in [2.75, 3.05) is 13.2 Å². The van der Waals surface area contributed by atoms with E-state index in [0.29, 0.717) is 12.1 Å². The van der Waals surface area contributed by atoms with E-state index in [9.17, 15) is 9.59 Å². The monoisotopic (exact) mass is 376 g/mol. The van der Waals surface area contributed by atoms with Crippen LogP contribution >= 0.6 is 0 Å². The third kappa shape index (κ3) is 4.55. The maximum atomic E-state index is 12.7. The first-order valence-corrected chi connectivity index (χ1v) is 9.46. The molecule has 1 aromatic heterocycles. The molecule has 144 valence electrons. The topological polar surface area (TPSA) is 68.3 Å². The molecule has 3 aromatic rings. The van der Waals surface area contributed by atoms with Crippen LogP contribution in [0.2, 0.25) is 0 Å². The largest absolute Gasteiger partial charge is 0.452 e. The van der Waals surface area contributed by atoms with E-state index in [1.54, 1.807) is 0 Å². The molecule has 0 spiro atoms. The number of hydrogen-bond donors (Lipinski definition) is 1. The highest BCUT2D eigenvalue weighted by molar-refractivity contribution is 6.05. The lowest BCUT2D eigenvalue weighted by atomic mass is 10.0. The zero-order valence-electron chi connectivity index (χ0n) is 16.2. The first-order valence-electron chi connectivity index (χ1n) is 9.46. The minimum absolute atomic E-state index is 0.300. The van der Waals surface area contributed by atoms with Crippen LogP contribution in [0.4, 0.5) is 0 Å². The SMILES string of the molecule is CCc1nc2ccccc2c(C(=O)OCC(=O)NCCc2ccccc2)c1C. The van der Waals surface area contributed by atoms with Crippen molar-refractivity contribution in [3.05, 3.63) is 77.0 Å². The van der Waals surface area contributed by atoms with Crippen LogP contribution in [0, 0.1) is 6.92 Å². The van der Waals surface area contributed by atoms with E-state index in [4.69, 9.17) is 4.74 Å². The molecule has 0 aliphatic rings. The Morgan fingerprint density at radius 1 is 1.04 bits per heavy atom. The van der Waals surface area contributed by atoms with Crippen LogP contribution in [0.25, 0.3) is 10.9 Å². The number of ether oxygens (including phenoxy) is 1. The number of para-hydroxylation sites is 1. The number of aromatic nitrogens is 1. The maximum absolute atomic E-state index is 12.7. The number of nitrogens with zero attached hydrogens (tertiary/aromatic N) is 1. The van der Waals surface area contributed by atoms with Gasteiger partial charge in [0.25, 0.3) is 5.91 Å². The predicted octanol–water partition coefficient (Wildman–Crippen LogP) is 3.62. The lowest BCUT2D eigenvalue weighted by molar-refractivity contribution is -0.124. The number of amides is 1. The van der Waals surface area contributed by atoms with Crippen LogP contribution in [0.1, 0.15) is 34.1 Å². The normalized spacial score (nSPS) is 10.6. The Hall–Kier alpha value is -3.21. The van der Waals surface area contributed by atoms with Gasteiger partial charge in [-0.25, -0.2) is 4.79 Å². The zero-order chi connectivity index (χ0) is 19.9. The van der Waals surface area contributed by atoms with Crippen LogP contribution in [-0.4, -0.2) is 30.0 Å². The molecule has 0 aliphatic heterocycles. The van der Waals surface area contributed by atoms with Crippen molar-refractivity contribution in [3.63, 3.8) is 0 Å². The Kier molecular flexibility index (Phi) is 6.37. The number of hydrogen-bond acceptors (Lipinski definition) is 4. The first kappa shape index (κ1) is 19.5. The van der Waals surface area contributed by atoms with Crippen molar-refractivity contribution in [1.82, 2.24) is 10.3 Å². The highest BCUT2D eigenvalue weighted by Crippen LogP contribution is 2.24. The minimum Gasteiger partial charge on any atom is -0.452 e. The van der Waals surface area contributed by atoms with Crippen molar-refractivity contribution in [1.29, 1.82) is 0 Å². The summed E-state index contributed by atoms with van der Waals surface area (Å²) in [6.07, 6.45) is 1.45. The Labute approximate surface area is 164 Å². The van der Waals surface area contributed by atoms with Crippen LogP contribution in [0.3, 0.4) is 0 Å². The lowest BCUT2D eigenvalue weighted by Crippen LogP contribution is -2.30. The van der Waals surface area contributed by atoms with Gasteiger partial charge in [0, 0.05) is 17.6 Å². The summed E-state index contributed by atoms with van der Waals surface area (Å²) in [6.45, 7) is 4.07. The second kappa shape index (κ2) is 9.13. The average Bonchev–Trinajstić information content (AvgIpc) is 2.72. The summed E-state index contributed by atoms with van der Waals surface area (Å²) in [4.78, 5) is 29.4. The highest BCUT2D eigenvalue weighted by atomic mass is 16.5. The fourth-order valence-electron chi connectivity index (χ4n) is 3.21. The van der Waals surface area contributed by atoms with Gasteiger partial charge in [0.05, 0.1) is 11.1 Å². The third-order valence-corrected chi connectivity index (χ3v) is 4.69. The van der Waals surface area contributed by atoms with Crippen molar-refractivity contribution in [2.24, 2.45) is 0 Å². The van der Waals surface area contributed by atoms with E-state index in [0.717, 1.165) is 40.6 Å². The second-order valence-electron chi connectivity index (χ2n) is 6.59. The molecule has 1 heterocycles.